The van der Waals surface area contributed by atoms with Gasteiger partial charge in [0.1, 0.15) is 0 Å². The summed E-state index contributed by atoms with van der Waals surface area (Å²) in [5.74, 6) is 0.545. The van der Waals surface area contributed by atoms with Gasteiger partial charge in [-0.15, -0.1) is 23.5 Å². The third kappa shape index (κ3) is 4.08. The van der Waals surface area contributed by atoms with Gasteiger partial charge in [-0.3, -0.25) is 9.59 Å². The van der Waals surface area contributed by atoms with Crippen LogP contribution in [-0.2, 0) is 9.59 Å². The van der Waals surface area contributed by atoms with Crippen molar-refractivity contribution in [2.45, 2.75) is 9.79 Å². The van der Waals surface area contributed by atoms with Gasteiger partial charge in [0.25, 0.3) is 0 Å². The molecule has 3 aromatic rings. The first-order valence-electron chi connectivity index (χ1n) is 8.27. The zero-order chi connectivity index (χ0) is 18.8. The Morgan fingerprint density at radius 2 is 2.00 bits per heavy atom. The Labute approximate surface area is 170 Å². The monoisotopic (exact) mass is 414 g/mol. The van der Waals surface area contributed by atoms with Crippen LogP contribution in [0.2, 0.25) is 5.02 Å². The number of hydrogen-bond acceptors (Lipinski definition) is 4. The standard InChI is InChI=1S/C20H15ClN2O2S2/c21-14-5-1-3-12-4-2-6-17(20(12)14)27-10-18(24)22-13-7-8-16-15(9-13)23-19(25)11-26-16/h1-9H,10-11H2,(H,22,24)(H,23,25). The molecule has 0 bridgehead atoms. The van der Waals surface area contributed by atoms with Crippen LogP contribution in [0.3, 0.4) is 0 Å². The Hall–Kier alpha value is -2.15. The lowest BCUT2D eigenvalue weighted by molar-refractivity contribution is -0.114. The molecule has 0 radical (unpaired) electrons. The van der Waals surface area contributed by atoms with Gasteiger partial charge in [0.2, 0.25) is 11.8 Å². The number of thioether (sulfide) groups is 2. The molecule has 0 aliphatic carbocycles. The first kappa shape index (κ1) is 18.2. The first-order valence-corrected chi connectivity index (χ1v) is 10.6. The molecule has 0 atom stereocenters. The maximum Gasteiger partial charge on any atom is 0.234 e. The highest BCUT2D eigenvalue weighted by molar-refractivity contribution is 8.00. The summed E-state index contributed by atoms with van der Waals surface area (Å²) in [6.07, 6.45) is 0. The lowest BCUT2D eigenvalue weighted by Crippen LogP contribution is -2.19. The SMILES string of the molecule is O=C(CSc1cccc2cccc(Cl)c12)Nc1ccc2c(c1)NC(=O)CS2. The number of benzene rings is 3. The normalized spacial score (nSPS) is 13.1. The number of rotatable bonds is 4. The molecule has 0 saturated carbocycles. The van der Waals surface area contributed by atoms with Crippen LogP contribution in [0.15, 0.2) is 64.4 Å². The molecule has 4 nitrogen and oxygen atoms in total. The predicted octanol–water partition coefficient (Wildman–Crippen LogP) is 5.27. The molecule has 2 amide bonds. The number of anilines is 2. The molecule has 4 rings (SSSR count). The predicted molar refractivity (Wildman–Crippen MR) is 114 cm³/mol. The molecule has 0 spiro atoms. The summed E-state index contributed by atoms with van der Waals surface area (Å²) in [5.41, 5.74) is 1.40. The Bertz CT molecular complexity index is 1050. The molecule has 0 aromatic heterocycles. The molecule has 1 heterocycles. The second-order valence-electron chi connectivity index (χ2n) is 5.98. The molecule has 3 aromatic carbocycles. The number of carbonyl (C=O) groups excluding carboxylic acids is 2. The average molecular weight is 415 g/mol. The van der Waals surface area contributed by atoms with Gasteiger partial charge in [0.15, 0.2) is 0 Å². The highest BCUT2D eigenvalue weighted by Gasteiger charge is 2.16. The second-order valence-corrected chi connectivity index (χ2v) is 8.42. The molecule has 0 unspecified atom stereocenters. The number of nitrogens with one attached hydrogen (secondary N) is 2. The van der Waals surface area contributed by atoms with E-state index in [0.717, 1.165) is 26.3 Å². The van der Waals surface area contributed by atoms with E-state index in [1.54, 1.807) is 6.07 Å². The van der Waals surface area contributed by atoms with Gasteiger partial charge in [0.05, 0.1) is 17.2 Å². The number of fused-ring (bicyclic) bond motifs is 2. The maximum absolute atomic E-state index is 12.4. The molecule has 7 heteroatoms. The minimum Gasteiger partial charge on any atom is -0.325 e. The lowest BCUT2D eigenvalue weighted by atomic mass is 10.1. The lowest BCUT2D eigenvalue weighted by Gasteiger charge is -2.17. The zero-order valence-electron chi connectivity index (χ0n) is 14.1. The van der Waals surface area contributed by atoms with E-state index in [-0.39, 0.29) is 17.6 Å². The summed E-state index contributed by atoms with van der Waals surface area (Å²) in [6, 6.07) is 17.3. The van der Waals surface area contributed by atoms with Gasteiger partial charge in [-0.05, 0) is 35.7 Å². The smallest absolute Gasteiger partial charge is 0.234 e. The van der Waals surface area contributed by atoms with Gasteiger partial charge in [-0.25, -0.2) is 0 Å². The summed E-state index contributed by atoms with van der Waals surface area (Å²) >= 11 is 9.28. The topological polar surface area (TPSA) is 58.2 Å². The van der Waals surface area contributed by atoms with Crippen molar-refractivity contribution in [2.75, 3.05) is 22.1 Å². The summed E-state index contributed by atoms with van der Waals surface area (Å²) < 4.78 is 0. The minimum atomic E-state index is -0.112. The van der Waals surface area contributed by atoms with Crippen LogP contribution < -0.4 is 10.6 Å². The number of hydrogen-bond donors (Lipinski definition) is 2. The van der Waals surface area contributed by atoms with Crippen LogP contribution in [0.5, 0.6) is 0 Å². The Kier molecular flexibility index (Phi) is 5.29. The Morgan fingerprint density at radius 3 is 2.85 bits per heavy atom. The highest BCUT2D eigenvalue weighted by Crippen LogP contribution is 2.35. The molecule has 2 N–H and O–H groups in total. The summed E-state index contributed by atoms with van der Waals surface area (Å²) in [7, 11) is 0. The van der Waals surface area contributed by atoms with E-state index >= 15 is 0 Å². The zero-order valence-corrected chi connectivity index (χ0v) is 16.5. The molecule has 136 valence electrons. The van der Waals surface area contributed by atoms with E-state index in [2.05, 4.69) is 10.6 Å². The van der Waals surface area contributed by atoms with Crippen molar-refractivity contribution < 1.29 is 9.59 Å². The van der Waals surface area contributed by atoms with Crippen molar-refractivity contribution in [3.63, 3.8) is 0 Å². The number of carbonyl (C=O) groups is 2. The van der Waals surface area contributed by atoms with Crippen LogP contribution in [0.4, 0.5) is 11.4 Å². The summed E-state index contributed by atoms with van der Waals surface area (Å²) in [5, 5.41) is 8.41. The molecular weight excluding hydrogens is 400 g/mol. The van der Waals surface area contributed by atoms with Crippen LogP contribution in [0.1, 0.15) is 0 Å². The van der Waals surface area contributed by atoms with Crippen molar-refractivity contribution >= 4 is 69.1 Å². The van der Waals surface area contributed by atoms with Crippen molar-refractivity contribution in [1.82, 2.24) is 0 Å². The third-order valence-corrected chi connectivity index (χ3v) is 6.52. The average Bonchev–Trinajstić information content (AvgIpc) is 2.66. The minimum absolute atomic E-state index is 0.0284. The fourth-order valence-electron chi connectivity index (χ4n) is 2.88. The van der Waals surface area contributed by atoms with E-state index in [0.29, 0.717) is 16.5 Å². The van der Waals surface area contributed by atoms with E-state index in [9.17, 15) is 9.59 Å². The summed E-state index contributed by atoms with van der Waals surface area (Å²) in [6.45, 7) is 0. The fraction of sp³-hybridized carbons (Fsp3) is 0.100. The Balaban J connectivity index is 1.45. The Morgan fingerprint density at radius 1 is 1.19 bits per heavy atom. The maximum atomic E-state index is 12.4. The molecule has 1 aliphatic rings. The van der Waals surface area contributed by atoms with Gasteiger partial charge >= 0.3 is 0 Å². The van der Waals surface area contributed by atoms with Gasteiger partial charge in [0, 0.05) is 25.9 Å². The van der Waals surface area contributed by atoms with Crippen molar-refractivity contribution in [1.29, 1.82) is 0 Å². The highest BCUT2D eigenvalue weighted by atomic mass is 35.5. The van der Waals surface area contributed by atoms with Gasteiger partial charge < -0.3 is 10.6 Å². The van der Waals surface area contributed by atoms with E-state index in [4.69, 9.17) is 11.6 Å². The largest absolute Gasteiger partial charge is 0.325 e. The molecule has 27 heavy (non-hydrogen) atoms. The first-order chi connectivity index (χ1) is 13.1. The van der Waals surface area contributed by atoms with E-state index in [1.807, 2.05) is 48.5 Å². The van der Waals surface area contributed by atoms with Crippen LogP contribution >= 0.6 is 35.1 Å². The fourth-order valence-corrected chi connectivity index (χ4v) is 4.92. The third-order valence-electron chi connectivity index (χ3n) is 4.07. The van der Waals surface area contributed by atoms with Crippen molar-refractivity contribution in [3.8, 4) is 0 Å². The summed E-state index contributed by atoms with van der Waals surface area (Å²) in [4.78, 5) is 25.9. The van der Waals surface area contributed by atoms with Crippen LogP contribution in [0, 0.1) is 0 Å². The van der Waals surface area contributed by atoms with Crippen molar-refractivity contribution in [2.24, 2.45) is 0 Å². The van der Waals surface area contributed by atoms with Crippen LogP contribution in [-0.4, -0.2) is 23.3 Å². The molecule has 0 fully saturated rings. The molecule has 1 aliphatic heterocycles. The molecular formula is C20H15ClN2O2S2. The van der Waals surface area contributed by atoms with E-state index in [1.165, 1.54) is 23.5 Å². The van der Waals surface area contributed by atoms with Gasteiger partial charge in [-0.2, -0.15) is 0 Å². The van der Waals surface area contributed by atoms with Crippen molar-refractivity contribution in [3.05, 3.63) is 59.6 Å². The van der Waals surface area contributed by atoms with Gasteiger partial charge in [-0.1, -0.05) is 35.9 Å². The van der Waals surface area contributed by atoms with E-state index < -0.39 is 0 Å². The number of halogens is 1. The molecule has 0 saturated heterocycles. The number of amides is 2. The quantitative estimate of drug-likeness (QED) is 0.571. The van der Waals surface area contributed by atoms with Crippen LogP contribution in [0.25, 0.3) is 10.8 Å². The second kappa shape index (κ2) is 7.84.